The quantitative estimate of drug-likeness (QED) is 0.676. The van der Waals surface area contributed by atoms with Gasteiger partial charge >= 0.3 is 0 Å². The van der Waals surface area contributed by atoms with E-state index in [1.165, 1.54) is 4.57 Å². The summed E-state index contributed by atoms with van der Waals surface area (Å²) in [5.41, 5.74) is 1.36. The highest BCUT2D eigenvalue weighted by molar-refractivity contribution is 9.10. The minimum atomic E-state index is -0.224. The van der Waals surface area contributed by atoms with Crippen LogP contribution in [-0.4, -0.2) is 22.0 Å². The zero-order chi connectivity index (χ0) is 19.6. The number of para-hydroxylation sites is 1. The molecule has 6 heteroatoms. The van der Waals surface area contributed by atoms with Gasteiger partial charge in [-0.25, -0.2) is 4.98 Å². The van der Waals surface area contributed by atoms with E-state index in [2.05, 4.69) is 40.1 Å². The summed E-state index contributed by atoms with van der Waals surface area (Å²) in [6.07, 6.45) is 0. The highest BCUT2D eigenvalue weighted by Gasteiger charge is 2.22. The van der Waals surface area contributed by atoms with Gasteiger partial charge in [-0.1, -0.05) is 54.0 Å². The fraction of sp³-hybridized carbons (Fsp3) is 0.286. The fourth-order valence-electron chi connectivity index (χ4n) is 2.99. The van der Waals surface area contributed by atoms with Crippen molar-refractivity contribution in [3.8, 4) is 0 Å². The monoisotopic (exact) mass is 427 g/mol. The van der Waals surface area contributed by atoms with Gasteiger partial charge in [-0.3, -0.25) is 14.2 Å². The van der Waals surface area contributed by atoms with Crippen molar-refractivity contribution < 1.29 is 4.79 Å². The summed E-state index contributed by atoms with van der Waals surface area (Å²) in [4.78, 5) is 29.6. The zero-order valence-electron chi connectivity index (χ0n) is 15.6. The number of hydrogen-bond acceptors (Lipinski definition) is 3. The molecule has 1 aromatic heterocycles. The van der Waals surface area contributed by atoms with Crippen LogP contribution in [0, 0.1) is 6.92 Å². The van der Waals surface area contributed by atoms with E-state index in [0.717, 1.165) is 10.0 Å². The average Bonchev–Trinajstić information content (AvgIpc) is 2.64. The number of amides is 1. The second-order valence-corrected chi connectivity index (χ2v) is 8.15. The Hall–Kier alpha value is -2.47. The maximum atomic E-state index is 12.7. The van der Waals surface area contributed by atoms with E-state index < -0.39 is 0 Å². The largest absolute Gasteiger partial charge is 0.354 e. The molecule has 0 bridgehead atoms. The number of carbonyl (C=O) groups excluding carboxylic acids is 1. The molecule has 1 amide bonds. The van der Waals surface area contributed by atoms with E-state index in [-0.39, 0.29) is 23.4 Å². The molecule has 0 fully saturated rings. The molecule has 5 nitrogen and oxygen atoms in total. The predicted octanol–water partition coefficient (Wildman–Crippen LogP) is 3.56. The summed E-state index contributed by atoms with van der Waals surface area (Å²) in [6.45, 7) is 6.32. The molecular formula is C21H22BrN3O2. The van der Waals surface area contributed by atoms with E-state index in [1.54, 1.807) is 25.1 Å². The minimum Gasteiger partial charge on any atom is -0.354 e. The molecule has 0 radical (unpaired) electrons. The van der Waals surface area contributed by atoms with Crippen molar-refractivity contribution in [3.63, 3.8) is 0 Å². The van der Waals surface area contributed by atoms with Gasteiger partial charge in [0.15, 0.2) is 0 Å². The van der Waals surface area contributed by atoms with Crippen LogP contribution in [-0.2, 0) is 16.8 Å². The Morgan fingerprint density at radius 2 is 1.81 bits per heavy atom. The molecule has 0 aliphatic carbocycles. The molecule has 0 spiro atoms. The highest BCUT2D eigenvalue weighted by Crippen LogP contribution is 2.24. The molecular weight excluding hydrogens is 406 g/mol. The number of fused-ring (bicyclic) bond motifs is 1. The Morgan fingerprint density at radius 3 is 2.52 bits per heavy atom. The maximum absolute atomic E-state index is 12.7. The van der Waals surface area contributed by atoms with E-state index >= 15 is 0 Å². The number of hydrogen-bond donors (Lipinski definition) is 1. The van der Waals surface area contributed by atoms with Crippen LogP contribution in [0.5, 0.6) is 0 Å². The van der Waals surface area contributed by atoms with Crippen LogP contribution in [0.2, 0.25) is 0 Å². The van der Waals surface area contributed by atoms with Crippen molar-refractivity contribution in [2.75, 3.05) is 6.54 Å². The highest BCUT2D eigenvalue weighted by atomic mass is 79.9. The summed E-state index contributed by atoms with van der Waals surface area (Å²) in [7, 11) is 0. The molecule has 2 aromatic carbocycles. The first kappa shape index (κ1) is 19.3. The van der Waals surface area contributed by atoms with Crippen LogP contribution >= 0.6 is 15.9 Å². The van der Waals surface area contributed by atoms with E-state index in [1.807, 2.05) is 30.3 Å². The van der Waals surface area contributed by atoms with Gasteiger partial charge < -0.3 is 5.32 Å². The van der Waals surface area contributed by atoms with Crippen molar-refractivity contribution in [3.05, 3.63) is 74.7 Å². The Bertz CT molecular complexity index is 1040. The topological polar surface area (TPSA) is 64.0 Å². The van der Waals surface area contributed by atoms with Gasteiger partial charge in [0.2, 0.25) is 5.91 Å². The second-order valence-electron chi connectivity index (χ2n) is 7.23. The molecule has 0 saturated carbocycles. The molecule has 1 N–H and O–H groups in total. The van der Waals surface area contributed by atoms with E-state index in [9.17, 15) is 9.59 Å². The van der Waals surface area contributed by atoms with Gasteiger partial charge in [0.05, 0.1) is 10.9 Å². The molecule has 0 atom stereocenters. The number of nitrogens with zero attached hydrogens (tertiary/aromatic N) is 2. The van der Waals surface area contributed by atoms with Crippen LogP contribution in [0.25, 0.3) is 10.9 Å². The van der Waals surface area contributed by atoms with Crippen molar-refractivity contribution in [1.29, 1.82) is 0 Å². The van der Waals surface area contributed by atoms with E-state index in [4.69, 9.17) is 0 Å². The van der Waals surface area contributed by atoms with Gasteiger partial charge in [0, 0.05) is 16.4 Å². The summed E-state index contributed by atoms with van der Waals surface area (Å²) in [5, 5.41) is 3.47. The number of aryl methyl sites for hydroxylation is 1. The molecule has 140 valence electrons. The van der Waals surface area contributed by atoms with Gasteiger partial charge in [-0.2, -0.15) is 0 Å². The lowest BCUT2D eigenvalue weighted by Gasteiger charge is -2.26. The number of benzene rings is 2. The molecule has 0 aliphatic rings. The lowest BCUT2D eigenvalue weighted by atomic mass is 9.84. The van der Waals surface area contributed by atoms with Crippen molar-refractivity contribution in [2.24, 2.45) is 0 Å². The Morgan fingerprint density at radius 1 is 1.15 bits per heavy atom. The molecule has 1 heterocycles. The van der Waals surface area contributed by atoms with Gasteiger partial charge in [-0.15, -0.1) is 0 Å². The smallest absolute Gasteiger partial charge is 0.261 e. The first-order chi connectivity index (χ1) is 12.8. The first-order valence-corrected chi connectivity index (χ1v) is 9.56. The Kier molecular flexibility index (Phi) is 5.46. The molecule has 3 rings (SSSR count). The molecule has 27 heavy (non-hydrogen) atoms. The number of nitrogens with one attached hydrogen (secondary N) is 1. The lowest BCUT2D eigenvalue weighted by molar-refractivity contribution is -0.122. The average molecular weight is 428 g/mol. The van der Waals surface area contributed by atoms with Gasteiger partial charge in [-0.05, 0) is 36.8 Å². The molecule has 0 aliphatic heterocycles. The predicted molar refractivity (Wildman–Crippen MR) is 111 cm³/mol. The molecule has 0 saturated heterocycles. The van der Waals surface area contributed by atoms with Crippen molar-refractivity contribution in [2.45, 2.75) is 32.7 Å². The number of halogens is 1. The Labute approximate surface area is 166 Å². The number of rotatable bonds is 5. The summed E-state index contributed by atoms with van der Waals surface area (Å²) < 4.78 is 2.44. The lowest BCUT2D eigenvalue weighted by Crippen LogP contribution is -2.40. The fourth-order valence-corrected chi connectivity index (χ4v) is 3.25. The summed E-state index contributed by atoms with van der Waals surface area (Å²) >= 11 is 3.43. The standard InChI is InChI=1S/C21H22BrN3O2/c1-14-24-18-7-5-4-6-17(18)20(27)25(14)12-19(26)23-13-21(2,3)15-8-10-16(22)11-9-15/h4-11H,12-13H2,1-3H3,(H,23,26). The van der Waals surface area contributed by atoms with Crippen molar-refractivity contribution >= 4 is 32.7 Å². The SMILES string of the molecule is Cc1nc2ccccc2c(=O)n1CC(=O)NCC(C)(C)c1ccc(Br)cc1. The normalized spacial score (nSPS) is 11.6. The molecule has 3 aromatic rings. The maximum Gasteiger partial charge on any atom is 0.261 e. The van der Waals surface area contributed by atoms with Crippen LogP contribution in [0.1, 0.15) is 25.2 Å². The summed E-state index contributed by atoms with van der Waals surface area (Å²) in [6, 6.07) is 15.2. The second kappa shape index (κ2) is 7.64. The zero-order valence-corrected chi connectivity index (χ0v) is 17.2. The van der Waals surface area contributed by atoms with E-state index in [0.29, 0.717) is 23.3 Å². The van der Waals surface area contributed by atoms with Crippen LogP contribution in [0.3, 0.4) is 0 Å². The van der Waals surface area contributed by atoms with Gasteiger partial charge in [0.1, 0.15) is 12.4 Å². The van der Waals surface area contributed by atoms with Crippen molar-refractivity contribution in [1.82, 2.24) is 14.9 Å². The van der Waals surface area contributed by atoms with Gasteiger partial charge in [0.25, 0.3) is 5.56 Å². The number of aromatic nitrogens is 2. The van der Waals surface area contributed by atoms with Crippen LogP contribution in [0.15, 0.2) is 57.8 Å². The van der Waals surface area contributed by atoms with Crippen LogP contribution < -0.4 is 10.9 Å². The summed E-state index contributed by atoms with van der Waals surface area (Å²) in [5.74, 6) is 0.323. The van der Waals surface area contributed by atoms with Crippen LogP contribution in [0.4, 0.5) is 0 Å². The number of carbonyl (C=O) groups is 1. The third-order valence-corrected chi connectivity index (χ3v) is 5.24. The first-order valence-electron chi connectivity index (χ1n) is 8.77. The third-order valence-electron chi connectivity index (χ3n) is 4.71. The Balaban J connectivity index is 1.74. The third kappa shape index (κ3) is 4.27. The minimum absolute atomic E-state index is 0.0427. The molecule has 0 unspecified atom stereocenters.